The maximum absolute atomic E-state index is 12.2. The number of rotatable bonds is 5. The zero-order valence-electron chi connectivity index (χ0n) is 11.0. The Balaban J connectivity index is 3.03. The number of sulfone groups is 1. The average Bonchev–Trinajstić information content (AvgIpc) is 2.38. The van der Waals surface area contributed by atoms with Gasteiger partial charge in [0.15, 0.2) is 9.84 Å². The van der Waals surface area contributed by atoms with Crippen LogP contribution < -0.4 is 0 Å². The molecule has 1 amide bonds. The van der Waals surface area contributed by atoms with E-state index in [2.05, 4.69) is 0 Å². The fourth-order valence-electron chi connectivity index (χ4n) is 1.63. The number of nitrogens with zero attached hydrogens (tertiary/aromatic N) is 2. The first-order valence-corrected chi connectivity index (χ1v) is 7.75. The van der Waals surface area contributed by atoms with E-state index in [-0.39, 0.29) is 17.2 Å². The molecule has 6 heteroatoms. The first-order valence-electron chi connectivity index (χ1n) is 5.86. The van der Waals surface area contributed by atoms with Gasteiger partial charge >= 0.3 is 0 Å². The molecule has 0 bridgehead atoms. The molecule has 0 aliphatic rings. The second-order valence-corrected chi connectivity index (χ2v) is 6.11. The number of hydrogen-bond donors (Lipinski definition) is 0. The lowest BCUT2D eigenvalue weighted by Gasteiger charge is -2.19. The molecule has 0 N–H and O–H groups in total. The SMILES string of the molecule is CCN(CCC#N)C(=O)c1cccc(S(C)(=O)=O)c1. The average molecular weight is 280 g/mol. The number of hydrogen-bond acceptors (Lipinski definition) is 4. The molecule has 19 heavy (non-hydrogen) atoms. The third kappa shape index (κ3) is 4.07. The van der Waals surface area contributed by atoms with Crippen LogP contribution in [0.3, 0.4) is 0 Å². The summed E-state index contributed by atoms with van der Waals surface area (Å²) >= 11 is 0. The topological polar surface area (TPSA) is 78.2 Å². The van der Waals surface area contributed by atoms with Crippen molar-refractivity contribution in [3.05, 3.63) is 29.8 Å². The molecule has 0 saturated carbocycles. The molecule has 1 aromatic rings. The molecule has 102 valence electrons. The van der Waals surface area contributed by atoms with Gasteiger partial charge in [0, 0.05) is 24.9 Å². The van der Waals surface area contributed by atoms with E-state index in [0.29, 0.717) is 18.7 Å². The van der Waals surface area contributed by atoms with Crippen molar-refractivity contribution in [2.45, 2.75) is 18.2 Å². The van der Waals surface area contributed by atoms with Crippen molar-refractivity contribution in [2.24, 2.45) is 0 Å². The Morgan fingerprint density at radius 1 is 1.42 bits per heavy atom. The highest BCUT2D eigenvalue weighted by Gasteiger charge is 2.16. The Kier molecular flexibility index (Phi) is 5.07. The quantitative estimate of drug-likeness (QED) is 0.818. The Morgan fingerprint density at radius 2 is 2.11 bits per heavy atom. The van der Waals surface area contributed by atoms with Gasteiger partial charge in [0.05, 0.1) is 17.4 Å². The molecule has 0 aromatic heterocycles. The molecule has 1 rings (SSSR count). The van der Waals surface area contributed by atoms with E-state index < -0.39 is 9.84 Å². The van der Waals surface area contributed by atoms with Gasteiger partial charge in [-0.1, -0.05) is 6.07 Å². The van der Waals surface area contributed by atoms with Crippen LogP contribution in [0.25, 0.3) is 0 Å². The number of amides is 1. The summed E-state index contributed by atoms with van der Waals surface area (Å²) in [4.78, 5) is 13.8. The summed E-state index contributed by atoms with van der Waals surface area (Å²) in [7, 11) is -3.33. The molecule has 0 radical (unpaired) electrons. The van der Waals surface area contributed by atoms with Crippen molar-refractivity contribution >= 4 is 15.7 Å². The maximum Gasteiger partial charge on any atom is 0.253 e. The van der Waals surface area contributed by atoms with Gasteiger partial charge in [-0.3, -0.25) is 4.79 Å². The lowest BCUT2D eigenvalue weighted by atomic mass is 10.2. The minimum atomic E-state index is -3.33. The summed E-state index contributed by atoms with van der Waals surface area (Å²) in [6, 6.07) is 7.93. The molecule has 0 heterocycles. The van der Waals surface area contributed by atoms with Crippen LogP contribution in [-0.4, -0.2) is 38.6 Å². The fraction of sp³-hybridized carbons (Fsp3) is 0.385. The van der Waals surface area contributed by atoms with Gasteiger partial charge in [-0.2, -0.15) is 5.26 Å². The second-order valence-electron chi connectivity index (χ2n) is 4.09. The minimum Gasteiger partial charge on any atom is -0.338 e. The van der Waals surface area contributed by atoms with Gasteiger partial charge in [-0.25, -0.2) is 8.42 Å². The highest BCUT2D eigenvalue weighted by molar-refractivity contribution is 7.90. The molecule has 5 nitrogen and oxygen atoms in total. The highest BCUT2D eigenvalue weighted by atomic mass is 32.2. The van der Waals surface area contributed by atoms with E-state index in [1.165, 1.54) is 17.0 Å². The van der Waals surface area contributed by atoms with E-state index in [4.69, 9.17) is 5.26 Å². The van der Waals surface area contributed by atoms with Crippen LogP contribution in [0.4, 0.5) is 0 Å². The maximum atomic E-state index is 12.2. The van der Waals surface area contributed by atoms with Crippen molar-refractivity contribution in [3.8, 4) is 6.07 Å². The molecule has 0 unspecified atom stereocenters. The lowest BCUT2D eigenvalue weighted by Crippen LogP contribution is -2.31. The molecule has 0 spiro atoms. The fourth-order valence-corrected chi connectivity index (χ4v) is 2.30. The number of benzene rings is 1. The molecule has 0 aliphatic carbocycles. The Bertz CT molecular complexity index is 603. The normalized spacial score (nSPS) is 10.8. The van der Waals surface area contributed by atoms with Crippen LogP contribution in [0, 0.1) is 11.3 Å². The zero-order chi connectivity index (χ0) is 14.5. The minimum absolute atomic E-state index is 0.120. The number of nitriles is 1. The summed E-state index contributed by atoms with van der Waals surface area (Å²) in [5.41, 5.74) is 0.322. The number of carbonyl (C=O) groups excluding carboxylic acids is 1. The largest absolute Gasteiger partial charge is 0.338 e. The van der Waals surface area contributed by atoms with Crippen molar-refractivity contribution in [1.82, 2.24) is 4.90 Å². The molecule has 1 aromatic carbocycles. The molecule has 0 aliphatic heterocycles. The molecular weight excluding hydrogens is 264 g/mol. The first kappa shape index (κ1) is 15.2. The Morgan fingerprint density at radius 3 is 2.63 bits per heavy atom. The van der Waals surface area contributed by atoms with Gasteiger partial charge in [0.25, 0.3) is 5.91 Å². The van der Waals surface area contributed by atoms with Crippen molar-refractivity contribution < 1.29 is 13.2 Å². The lowest BCUT2D eigenvalue weighted by molar-refractivity contribution is 0.0767. The van der Waals surface area contributed by atoms with Crippen LogP contribution in [0.15, 0.2) is 29.2 Å². The van der Waals surface area contributed by atoms with Crippen LogP contribution in [0.1, 0.15) is 23.7 Å². The van der Waals surface area contributed by atoms with Crippen molar-refractivity contribution in [2.75, 3.05) is 19.3 Å². The molecular formula is C13H16N2O3S. The van der Waals surface area contributed by atoms with Crippen molar-refractivity contribution in [3.63, 3.8) is 0 Å². The smallest absolute Gasteiger partial charge is 0.253 e. The monoisotopic (exact) mass is 280 g/mol. The second kappa shape index (κ2) is 6.34. The number of carbonyl (C=O) groups is 1. The zero-order valence-corrected chi connectivity index (χ0v) is 11.8. The van der Waals surface area contributed by atoms with E-state index in [9.17, 15) is 13.2 Å². The van der Waals surface area contributed by atoms with Gasteiger partial charge < -0.3 is 4.90 Å². The van der Waals surface area contributed by atoms with E-state index in [1.807, 2.05) is 13.0 Å². The molecule has 0 fully saturated rings. The predicted octanol–water partition coefficient (Wildman–Crippen LogP) is 1.47. The van der Waals surface area contributed by atoms with E-state index >= 15 is 0 Å². The van der Waals surface area contributed by atoms with Gasteiger partial charge in [0.1, 0.15) is 0 Å². The summed E-state index contributed by atoms with van der Waals surface area (Å²) in [5, 5.41) is 8.55. The first-order chi connectivity index (χ1) is 8.90. The third-order valence-electron chi connectivity index (χ3n) is 2.67. The van der Waals surface area contributed by atoms with Crippen LogP contribution in [0.2, 0.25) is 0 Å². The Hall–Kier alpha value is -1.87. The van der Waals surface area contributed by atoms with Gasteiger partial charge in [0.2, 0.25) is 0 Å². The van der Waals surface area contributed by atoms with Crippen molar-refractivity contribution in [1.29, 1.82) is 5.26 Å². The van der Waals surface area contributed by atoms with Crippen LogP contribution >= 0.6 is 0 Å². The predicted molar refractivity (Wildman–Crippen MR) is 71.4 cm³/mol. The third-order valence-corrected chi connectivity index (χ3v) is 3.78. The van der Waals surface area contributed by atoms with E-state index in [1.54, 1.807) is 12.1 Å². The standard InChI is InChI=1S/C13H16N2O3S/c1-3-15(9-5-8-14)13(16)11-6-4-7-12(10-11)19(2,17)18/h4,6-7,10H,3,5,9H2,1-2H3. The summed E-state index contributed by atoms with van der Waals surface area (Å²) < 4.78 is 22.9. The molecule has 0 saturated heterocycles. The summed E-state index contributed by atoms with van der Waals surface area (Å²) in [6.45, 7) is 2.63. The Labute approximate surface area is 113 Å². The highest BCUT2D eigenvalue weighted by Crippen LogP contribution is 2.13. The van der Waals surface area contributed by atoms with Gasteiger partial charge in [-0.05, 0) is 25.1 Å². The summed E-state index contributed by atoms with van der Waals surface area (Å²) in [5.74, 6) is -0.261. The molecule has 0 atom stereocenters. The summed E-state index contributed by atoms with van der Waals surface area (Å²) in [6.07, 6.45) is 1.36. The van der Waals surface area contributed by atoms with Crippen LogP contribution in [-0.2, 0) is 9.84 Å². The van der Waals surface area contributed by atoms with Crippen LogP contribution in [0.5, 0.6) is 0 Å². The van der Waals surface area contributed by atoms with E-state index in [0.717, 1.165) is 6.26 Å². The van der Waals surface area contributed by atoms with Gasteiger partial charge in [-0.15, -0.1) is 0 Å².